The Morgan fingerprint density at radius 1 is 0.393 bits per heavy atom. The number of phenols is 2. The largest absolute Gasteiger partial charge is 0.509 e. The number of hydrogen-bond donors (Lipinski definition) is 2. The SMILES string of the molecule is [B]c1c([B])c(O)c2c(oc3c([B])c(O)c([B])c([B])c32)c1-c1ccc(N(c2ccc(-c3ccccc3)cc2)c2cccc3c2oc2c4ccccc4ccc32)cc1. The molecule has 2 aromatic heterocycles. The molecular weight excluding hydrogens is 685 g/mol. The minimum absolute atomic E-state index is 0.00657. The normalized spacial score (nSPS) is 11.7. The molecule has 0 bridgehead atoms. The maximum Gasteiger partial charge on any atom is 0.159 e. The molecule has 2 heterocycles. The predicted molar refractivity (Wildman–Crippen MR) is 234 cm³/mol. The van der Waals surface area contributed by atoms with Crippen molar-refractivity contribution >= 4 is 138 Å². The summed E-state index contributed by atoms with van der Waals surface area (Å²) >= 11 is 0. The van der Waals surface area contributed by atoms with E-state index in [2.05, 4.69) is 77.7 Å². The Bertz CT molecular complexity index is 3210. The van der Waals surface area contributed by atoms with E-state index in [1.54, 1.807) is 0 Å². The van der Waals surface area contributed by atoms with Crippen LogP contribution < -0.4 is 32.2 Å². The number of fused-ring (bicyclic) bond motifs is 8. The number of aromatic hydroxyl groups is 2. The van der Waals surface area contributed by atoms with E-state index in [-0.39, 0.29) is 55.0 Å². The summed E-state index contributed by atoms with van der Waals surface area (Å²) in [6.07, 6.45) is 0. The minimum atomic E-state index is -0.412. The Morgan fingerprint density at radius 2 is 0.982 bits per heavy atom. The highest BCUT2D eigenvalue weighted by Gasteiger charge is 2.25. The van der Waals surface area contributed by atoms with Crippen molar-refractivity contribution in [3.05, 3.63) is 133 Å². The van der Waals surface area contributed by atoms with Crippen LogP contribution in [-0.4, -0.2) is 49.4 Å². The highest BCUT2D eigenvalue weighted by Crippen LogP contribution is 2.45. The molecular formula is C46H24B5NO4. The summed E-state index contributed by atoms with van der Waals surface area (Å²) in [5.74, 6) is -0.741. The lowest BCUT2D eigenvalue weighted by molar-refractivity contribution is 0.484. The molecule has 0 aliphatic rings. The van der Waals surface area contributed by atoms with Gasteiger partial charge in [-0.2, -0.15) is 0 Å². The van der Waals surface area contributed by atoms with Crippen LogP contribution >= 0.6 is 0 Å². The van der Waals surface area contributed by atoms with Crippen LogP contribution in [0.2, 0.25) is 0 Å². The van der Waals surface area contributed by atoms with Crippen LogP contribution in [0.3, 0.4) is 0 Å². The summed E-state index contributed by atoms with van der Waals surface area (Å²) in [5, 5.41) is 26.4. The predicted octanol–water partition coefficient (Wildman–Crippen LogP) is 6.82. The number of rotatable bonds is 5. The van der Waals surface area contributed by atoms with E-state index >= 15 is 0 Å². The van der Waals surface area contributed by atoms with Crippen molar-refractivity contribution < 1.29 is 19.0 Å². The van der Waals surface area contributed by atoms with E-state index in [4.69, 9.17) is 48.1 Å². The monoisotopic (exact) mass is 709 g/mol. The molecule has 0 amide bonds. The number of nitrogens with zero attached hydrogens (tertiary/aromatic N) is 1. The van der Waals surface area contributed by atoms with Gasteiger partial charge in [-0.15, -0.1) is 0 Å². The molecule has 0 fully saturated rings. The Balaban J connectivity index is 1.18. The van der Waals surface area contributed by atoms with E-state index in [1.165, 1.54) is 0 Å². The highest BCUT2D eigenvalue weighted by molar-refractivity contribution is 6.60. The zero-order valence-corrected chi connectivity index (χ0v) is 29.7. The molecule has 0 spiro atoms. The number of hydrogen-bond acceptors (Lipinski definition) is 5. The molecule has 5 nitrogen and oxygen atoms in total. The number of anilines is 3. The Labute approximate surface area is 328 Å². The molecule has 10 aromatic rings. The van der Waals surface area contributed by atoms with Crippen molar-refractivity contribution in [1.29, 1.82) is 0 Å². The first-order valence-corrected chi connectivity index (χ1v) is 17.9. The molecule has 56 heavy (non-hydrogen) atoms. The topological polar surface area (TPSA) is 70.0 Å². The minimum Gasteiger partial charge on any atom is -0.509 e. The molecule has 0 atom stereocenters. The van der Waals surface area contributed by atoms with E-state index in [0.717, 1.165) is 60.9 Å². The smallest absolute Gasteiger partial charge is 0.159 e. The molecule has 0 saturated heterocycles. The number of benzene rings is 8. The van der Waals surface area contributed by atoms with Gasteiger partial charge in [0.1, 0.15) is 67.5 Å². The Hall–Kier alpha value is -6.66. The van der Waals surface area contributed by atoms with Gasteiger partial charge < -0.3 is 23.9 Å². The maximum atomic E-state index is 11.3. The first-order valence-electron chi connectivity index (χ1n) is 17.9. The van der Waals surface area contributed by atoms with Crippen LogP contribution in [0.4, 0.5) is 17.1 Å². The van der Waals surface area contributed by atoms with E-state index in [0.29, 0.717) is 11.1 Å². The van der Waals surface area contributed by atoms with Crippen LogP contribution in [0.25, 0.3) is 76.9 Å². The van der Waals surface area contributed by atoms with Crippen LogP contribution in [0.5, 0.6) is 11.5 Å². The van der Waals surface area contributed by atoms with Gasteiger partial charge in [0.2, 0.25) is 0 Å². The third-order valence-corrected chi connectivity index (χ3v) is 10.8. The molecule has 8 aromatic carbocycles. The molecule has 10 heteroatoms. The van der Waals surface area contributed by atoms with Crippen molar-refractivity contribution in [2.24, 2.45) is 0 Å². The maximum absolute atomic E-state index is 11.3. The lowest BCUT2D eigenvalue weighted by Gasteiger charge is -2.26. The number of para-hydroxylation sites is 1. The van der Waals surface area contributed by atoms with Crippen LogP contribution in [0, 0.1) is 0 Å². The van der Waals surface area contributed by atoms with Gasteiger partial charge in [-0.05, 0) is 63.9 Å². The Morgan fingerprint density at radius 3 is 1.71 bits per heavy atom. The van der Waals surface area contributed by atoms with Gasteiger partial charge in [0.15, 0.2) is 5.58 Å². The van der Waals surface area contributed by atoms with Crippen LogP contribution in [0.1, 0.15) is 0 Å². The zero-order chi connectivity index (χ0) is 38.4. The summed E-state index contributed by atoms with van der Waals surface area (Å²) in [6, 6.07) is 45.0. The average Bonchev–Trinajstić information content (AvgIpc) is 3.83. The second-order valence-electron chi connectivity index (χ2n) is 13.9. The molecule has 0 saturated carbocycles. The second kappa shape index (κ2) is 12.7. The first kappa shape index (κ1) is 33.9. The fourth-order valence-electron chi connectivity index (χ4n) is 7.93. The van der Waals surface area contributed by atoms with E-state index in [9.17, 15) is 10.2 Å². The van der Waals surface area contributed by atoms with Gasteiger partial charge in [-0.25, -0.2) is 0 Å². The first-order chi connectivity index (χ1) is 27.2. The summed E-state index contributed by atoms with van der Waals surface area (Å²) in [7, 11) is 31.7. The van der Waals surface area contributed by atoms with Crippen LogP contribution in [0.15, 0.2) is 142 Å². The fourth-order valence-corrected chi connectivity index (χ4v) is 7.93. The quantitative estimate of drug-likeness (QED) is 0.192. The fraction of sp³-hybridized carbons (Fsp3) is 0. The molecule has 10 rings (SSSR count). The summed E-state index contributed by atoms with van der Waals surface area (Å²) in [6.45, 7) is 0. The molecule has 252 valence electrons. The van der Waals surface area contributed by atoms with E-state index < -0.39 is 5.75 Å². The third kappa shape index (κ3) is 4.95. The van der Waals surface area contributed by atoms with Gasteiger partial charge in [-0.3, -0.25) is 0 Å². The number of phenolic OH excluding ortho intramolecular Hbond substituents is 2. The van der Waals surface area contributed by atoms with Gasteiger partial charge in [-0.1, -0.05) is 119 Å². The average molecular weight is 709 g/mol. The van der Waals surface area contributed by atoms with Gasteiger partial charge in [0, 0.05) is 38.5 Å². The number of furan rings is 2. The zero-order valence-electron chi connectivity index (χ0n) is 29.7. The van der Waals surface area contributed by atoms with Crippen molar-refractivity contribution in [1.82, 2.24) is 0 Å². The van der Waals surface area contributed by atoms with Gasteiger partial charge in [0.05, 0.1) is 11.1 Å². The Kier molecular flexibility index (Phi) is 7.69. The van der Waals surface area contributed by atoms with Gasteiger partial charge >= 0.3 is 0 Å². The lowest BCUT2D eigenvalue weighted by Crippen LogP contribution is -2.31. The molecule has 10 radical (unpaired) electrons. The molecule has 2 N–H and O–H groups in total. The summed E-state index contributed by atoms with van der Waals surface area (Å²) < 4.78 is 13.0. The second-order valence-corrected chi connectivity index (χ2v) is 13.9. The van der Waals surface area contributed by atoms with Crippen LogP contribution in [-0.2, 0) is 0 Å². The standard InChI is InChI=1S/C46H24B5NO4/c47-36-33(45-35(41(53)38(36)49)34-37(48)39(50)42(54)40(51)46(34)56-45)26-15-20-28(21-16-26)52(27-18-13-24(14-19-27)23-7-2-1-3-8-23)32-12-6-11-30-31-22-17-25-9-4-5-10-29(25)43(31)55-44(30)32/h1-22,53-54H. The van der Waals surface area contributed by atoms with E-state index in [1.807, 2.05) is 60.7 Å². The van der Waals surface area contributed by atoms with Crippen molar-refractivity contribution in [2.45, 2.75) is 0 Å². The molecule has 0 unspecified atom stereocenters. The van der Waals surface area contributed by atoms with Crippen molar-refractivity contribution in [3.8, 4) is 33.8 Å². The summed E-state index contributed by atoms with van der Waals surface area (Å²) in [4.78, 5) is 2.16. The van der Waals surface area contributed by atoms with Crippen molar-refractivity contribution in [2.75, 3.05) is 4.90 Å². The molecule has 0 aliphatic heterocycles. The van der Waals surface area contributed by atoms with Gasteiger partial charge in [0.25, 0.3) is 0 Å². The molecule has 0 aliphatic carbocycles. The lowest BCUT2D eigenvalue weighted by atomic mass is 9.71. The summed E-state index contributed by atoms with van der Waals surface area (Å²) in [5.41, 5.74) is 7.43. The highest BCUT2D eigenvalue weighted by atomic mass is 16.3. The third-order valence-electron chi connectivity index (χ3n) is 10.8. The van der Waals surface area contributed by atoms with Crippen molar-refractivity contribution in [3.63, 3.8) is 0 Å².